The highest BCUT2D eigenvalue weighted by Gasteiger charge is 2.13. The van der Waals surface area contributed by atoms with E-state index in [1.165, 1.54) is 11.3 Å². The average molecular weight is 407 g/mol. The molecule has 0 saturated carbocycles. The third-order valence-electron chi connectivity index (χ3n) is 3.44. The van der Waals surface area contributed by atoms with Crippen LogP contribution in [0.25, 0.3) is 9.88 Å². The van der Waals surface area contributed by atoms with Crippen molar-refractivity contribution < 1.29 is 14.3 Å². The molecule has 0 atom stereocenters. The number of nitrogens with zero attached hydrogens (tertiary/aromatic N) is 1. The molecule has 3 rings (SSSR count). The fourth-order valence-corrected chi connectivity index (χ4v) is 4.06. The number of carbonyl (C=O) groups is 2. The standard InChI is InChI=1S/C18H15ClN2O3S2/c1-11-7-12(19)4-5-14(11)21-16(22)9-24-17(23)8-13-10-26-18(20-13)15-3-2-6-25-15/h2-7,10H,8-9H2,1H3,(H,21,22). The van der Waals surface area contributed by atoms with Crippen LogP contribution in [0.15, 0.2) is 41.1 Å². The molecule has 0 spiro atoms. The molecule has 0 unspecified atom stereocenters. The van der Waals surface area contributed by atoms with E-state index in [0.717, 1.165) is 15.4 Å². The number of carbonyl (C=O) groups excluding carboxylic acids is 2. The molecule has 1 N–H and O–H groups in total. The Bertz CT molecular complexity index is 922. The summed E-state index contributed by atoms with van der Waals surface area (Å²) in [5.41, 5.74) is 2.11. The van der Waals surface area contributed by atoms with Gasteiger partial charge in [-0.3, -0.25) is 9.59 Å². The lowest BCUT2D eigenvalue weighted by molar-refractivity contribution is -0.146. The number of thiazole rings is 1. The molecule has 0 fully saturated rings. The van der Waals surface area contributed by atoms with Gasteiger partial charge in [-0.15, -0.1) is 22.7 Å². The van der Waals surface area contributed by atoms with Crippen molar-refractivity contribution in [2.24, 2.45) is 0 Å². The average Bonchev–Trinajstić information content (AvgIpc) is 3.27. The Kier molecular flexibility index (Phi) is 6.03. The highest BCUT2D eigenvalue weighted by Crippen LogP contribution is 2.28. The van der Waals surface area contributed by atoms with Gasteiger partial charge in [-0.05, 0) is 42.1 Å². The van der Waals surface area contributed by atoms with Gasteiger partial charge in [-0.2, -0.15) is 0 Å². The predicted octanol–water partition coefficient (Wildman–Crippen LogP) is 4.56. The van der Waals surface area contributed by atoms with Crippen molar-refractivity contribution in [3.8, 4) is 9.88 Å². The Hall–Kier alpha value is -2.22. The molecule has 3 aromatic rings. The van der Waals surface area contributed by atoms with Crippen molar-refractivity contribution in [2.45, 2.75) is 13.3 Å². The van der Waals surface area contributed by atoms with Crippen LogP contribution in [0.4, 0.5) is 5.69 Å². The molecule has 2 aromatic heterocycles. The number of halogens is 1. The molecule has 2 heterocycles. The summed E-state index contributed by atoms with van der Waals surface area (Å²) in [6, 6.07) is 9.07. The van der Waals surface area contributed by atoms with Crippen molar-refractivity contribution >= 4 is 51.8 Å². The second kappa shape index (κ2) is 8.44. The lowest BCUT2D eigenvalue weighted by atomic mass is 10.2. The van der Waals surface area contributed by atoms with E-state index in [1.54, 1.807) is 29.5 Å². The number of hydrogen-bond acceptors (Lipinski definition) is 6. The third kappa shape index (κ3) is 4.91. The largest absolute Gasteiger partial charge is 0.455 e. The van der Waals surface area contributed by atoms with Crippen molar-refractivity contribution in [1.29, 1.82) is 0 Å². The van der Waals surface area contributed by atoms with Gasteiger partial charge < -0.3 is 10.1 Å². The summed E-state index contributed by atoms with van der Waals surface area (Å²) in [6.45, 7) is 1.49. The van der Waals surface area contributed by atoms with Gasteiger partial charge in [0.25, 0.3) is 5.91 Å². The van der Waals surface area contributed by atoms with E-state index in [-0.39, 0.29) is 13.0 Å². The van der Waals surface area contributed by atoms with Crippen LogP contribution in [0.2, 0.25) is 5.02 Å². The molecule has 1 aromatic carbocycles. The second-order valence-corrected chi connectivity index (χ2v) is 7.71. The van der Waals surface area contributed by atoms with Gasteiger partial charge in [0.15, 0.2) is 6.61 Å². The van der Waals surface area contributed by atoms with E-state index in [4.69, 9.17) is 16.3 Å². The fraction of sp³-hybridized carbons (Fsp3) is 0.167. The topological polar surface area (TPSA) is 68.3 Å². The number of rotatable bonds is 6. The highest BCUT2D eigenvalue weighted by atomic mass is 35.5. The summed E-state index contributed by atoms with van der Waals surface area (Å²) >= 11 is 8.96. The number of thiophene rings is 1. The zero-order chi connectivity index (χ0) is 18.5. The van der Waals surface area contributed by atoms with Gasteiger partial charge in [0.05, 0.1) is 17.0 Å². The second-order valence-electron chi connectivity index (χ2n) is 5.47. The summed E-state index contributed by atoms with van der Waals surface area (Å²) in [6.07, 6.45) is 0.0368. The van der Waals surface area contributed by atoms with Crippen molar-refractivity contribution in [2.75, 3.05) is 11.9 Å². The first-order valence-corrected chi connectivity index (χ1v) is 9.85. The van der Waals surface area contributed by atoms with Gasteiger partial charge in [0.1, 0.15) is 5.01 Å². The Balaban J connectivity index is 1.48. The number of amides is 1. The van der Waals surface area contributed by atoms with E-state index in [9.17, 15) is 9.59 Å². The quantitative estimate of drug-likeness (QED) is 0.609. The zero-order valence-electron chi connectivity index (χ0n) is 13.8. The van der Waals surface area contributed by atoms with Gasteiger partial charge in [-0.1, -0.05) is 17.7 Å². The molecule has 5 nitrogen and oxygen atoms in total. The number of hydrogen-bond donors (Lipinski definition) is 1. The maximum Gasteiger partial charge on any atom is 0.312 e. The highest BCUT2D eigenvalue weighted by molar-refractivity contribution is 7.20. The number of esters is 1. The Morgan fingerprint density at radius 1 is 1.27 bits per heavy atom. The number of benzene rings is 1. The number of aromatic nitrogens is 1. The van der Waals surface area contributed by atoms with E-state index in [0.29, 0.717) is 16.4 Å². The van der Waals surface area contributed by atoms with Crippen LogP contribution in [0.5, 0.6) is 0 Å². The number of ether oxygens (including phenoxy) is 1. The van der Waals surface area contributed by atoms with Crippen LogP contribution in [-0.2, 0) is 20.7 Å². The molecule has 0 aliphatic carbocycles. The SMILES string of the molecule is Cc1cc(Cl)ccc1NC(=O)COC(=O)Cc1csc(-c2cccs2)n1. The van der Waals surface area contributed by atoms with Crippen LogP contribution in [-0.4, -0.2) is 23.5 Å². The fourth-order valence-electron chi connectivity index (χ4n) is 2.20. The summed E-state index contributed by atoms with van der Waals surface area (Å²) in [5, 5.41) is 7.97. The lowest BCUT2D eigenvalue weighted by Gasteiger charge is -2.09. The monoisotopic (exact) mass is 406 g/mol. The van der Waals surface area contributed by atoms with E-state index >= 15 is 0 Å². The number of anilines is 1. The minimum absolute atomic E-state index is 0.0368. The molecule has 134 valence electrons. The maximum absolute atomic E-state index is 11.9. The first-order valence-electron chi connectivity index (χ1n) is 7.71. The minimum atomic E-state index is -0.490. The maximum atomic E-state index is 11.9. The first kappa shape index (κ1) is 18.6. The van der Waals surface area contributed by atoms with Gasteiger partial charge in [0, 0.05) is 16.1 Å². The normalized spacial score (nSPS) is 10.5. The molecule has 0 radical (unpaired) electrons. The van der Waals surface area contributed by atoms with Gasteiger partial charge in [-0.25, -0.2) is 4.98 Å². The molecular formula is C18H15ClN2O3S2. The van der Waals surface area contributed by atoms with Crippen molar-refractivity contribution in [3.63, 3.8) is 0 Å². The van der Waals surface area contributed by atoms with Crippen molar-refractivity contribution in [3.05, 3.63) is 57.4 Å². The first-order chi connectivity index (χ1) is 12.5. The van der Waals surface area contributed by atoms with E-state index in [2.05, 4.69) is 10.3 Å². The van der Waals surface area contributed by atoms with E-state index in [1.807, 2.05) is 29.8 Å². The van der Waals surface area contributed by atoms with Gasteiger partial charge in [0.2, 0.25) is 0 Å². The van der Waals surface area contributed by atoms with Crippen LogP contribution in [0.3, 0.4) is 0 Å². The Morgan fingerprint density at radius 3 is 2.85 bits per heavy atom. The summed E-state index contributed by atoms with van der Waals surface area (Å²) in [7, 11) is 0. The minimum Gasteiger partial charge on any atom is -0.455 e. The third-order valence-corrected chi connectivity index (χ3v) is 5.60. The molecule has 26 heavy (non-hydrogen) atoms. The Labute approximate surface area is 163 Å². The summed E-state index contributed by atoms with van der Waals surface area (Å²) in [4.78, 5) is 29.3. The molecule has 8 heteroatoms. The summed E-state index contributed by atoms with van der Waals surface area (Å²) < 4.78 is 5.03. The Morgan fingerprint density at radius 2 is 2.12 bits per heavy atom. The number of aryl methyl sites for hydroxylation is 1. The van der Waals surface area contributed by atoms with Crippen LogP contribution in [0, 0.1) is 6.92 Å². The van der Waals surface area contributed by atoms with Crippen LogP contribution < -0.4 is 5.32 Å². The smallest absolute Gasteiger partial charge is 0.312 e. The molecule has 0 bridgehead atoms. The molecule has 0 aliphatic rings. The summed E-state index contributed by atoms with van der Waals surface area (Å²) in [5.74, 6) is -0.891. The van der Waals surface area contributed by atoms with E-state index < -0.39 is 11.9 Å². The molecule has 1 amide bonds. The van der Waals surface area contributed by atoms with Crippen LogP contribution in [0.1, 0.15) is 11.3 Å². The van der Waals surface area contributed by atoms with Gasteiger partial charge >= 0.3 is 5.97 Å². The number of nitrogens with one attached hydrogen (secondary N) is 1. The molecule has 0 aliphatic heterocycles. The molecule has 0 saturated heterocycles. The predicted molar refractivity (Wildman–Crippen MR) is 105 cm³/mol. The van der Waals surface area contributed by atoms with Crippen molar-refractivity contribution in [1.82, 2.24) is 4.98 Å². The van der Waals surface area contributed by atoms with Crippen LogP contribution >= 0.6 is 34.3 Å². The zero-order valence-corrected chi connectivity index (χ0v) is 16.2. The molecular weight excluding hydrogens is 392 g/mol. The lowest BCUT2D eigenvalue weighted by Crippen LogP contribution is -2.22.